The lowest BCUT2D eigenvalue weighted by Crippen LogP contribution is -2.08. The molecule has 0 radical (unpaired) electrons. The summed E-state index contributed by atoms with van der Waals surface area (Å²) in [6, 6.07) is 5.82. The van der Waals surface area contributed by atoms with Crippen molar-refractivity contribution in [2.24, 2.45) is 11.8 Å². The van der Waals surface area contributed by atoms with E-state index in [-0.39, 0.29) is 0 Å². The van der Waals surface area contributed by atoms with Gasteiger partial charge >= 0.3 is 0 Å². The minimum absolute atomic E-state index is 0.722. The molecule has 3 N–H and O–H groups in total. The van der Waals surface area contributed by atoms with Gasteiger partial charge in [-0.05, 0) is 30.2 Å². The van der Waals surface area contributed by atoms with Crippen LogP contribution in [0.1, 0.15) is 20.3 Å². The summed E-state index contributed by atoms with van der Waals surface area (Å²) in [6.45, 7) is 4.46. The zero-order chi connectivity index (χ0) is 10.4. The number of rotatable bonds is 5. The number of nitrogens with zero attached hydrogens (tertiary/aromatic N) is 1. The van der Waals surface area contributed by atoms with Crippen molar-refractivity contribution >= 4 is 17.6 Å². The molecule has 1 aromatic rings. The Labute approximate surface area is 89.5 Å². The van der Waals surface area contributed by atoms with Crippen molar-refractivity contribution in [2.75, 3.05) is 11.2 Å². The van der Waals surface area contributed by atoms with Crippen molar-refractivity contribution in [1.29, 1.82) is 0 Å². The van der Waals surface area contributed by atoms with Crippen LogP contribution in [0.5, 0.6) is 0 Å². The highest BCUT2D eigenvalue weighted by molar-refractivity contribution is 7.99. The minimum atomic E-state index is 0.722. The lowest BCUT2D eigenvalue weighted by Gasteiger charge is -2.05. The van der Waals surface area contributed by atoms with Gasteiger partial charge in [-0.2, -0.15) is 0 Å². The summed E-state index contributed by atoms with van der Waals surface area (Å²) in [7, 11) is 0. The number of pyridine rings is 1. The molecule has 3 nitrogen and oxygen atoms in total. The Balaban J connectivity index is 2.42. The van der Waals surface area contributed by atoms with E-state index in [1.165, 1.54) is 6.42 Å². The molecule has 0 fully saturated rings. The summed E-state index contributed by atoms with van der Waals surface area (Å²) in [5.74, 6) is 7.85. The average molecular weight is 211 g/mol. The van der Waals surface area contributed by atoms with Crippen LogP contribution in [0, 0.1) is 5.92 Å². The molecule has 0 bridgehead atoms. The van der Waals surface area contributed by atoms with Gasteiger partial charge in [-0.15, -0.1) is 11.8 Å². The van der Waals surface area contributed by atoms with Crippen LogP contribution in [0.25, 0.3) is 0 Å². The predicted molar refractivity (Wildman–Crippen MR) is 62.2 cm³/mol. The molecular formula is C10H17N3S. The van der Waals surface area contributed by atoms with Crippen molar-refractivity contribution in [3.63, 3.8) is 0 Å². The molecule has 1 aromatic heterocycles. The van der Waals surface area contributed by atoms with Gasteiger partial charge < -0.3 is 5.43 Å². The fraction of sp³-hybridized carbons (Fsp3) is 0.500. The molecule has 0 aliphatic rings. The van der Waals surface area contributed by atoms with Gasteiger partial charge in [0.1, 0.15) is 5.82 Å². The van der Waals surface area contributed by atoms with Crippen LogP contribution < -0.4 is 11.3 Å². The zero-order valence-electron chi connectivity index (χ0n) is 8.66. The number of hydrogen-bond acceptors (Lipinski definition) is 4. The minimum Gasteiger partial charge on any atom is -0.308 e. The number of nitrogen functional groups attached to an aromatic ring is 1. The number of aromatic nitrogens is 1. The Morgan fingerprint density at radius 2 is 2.29 bits per heavy atom. The van der Waals surface area contributed by atoms with Crippen molar-refractivity contribution in [1.82, 2.24) is 4.98 Å². The van der Waals surface area contributed by atoms with Crippen molar-refractivity contribution in [3.8, 4) is 0 Å². The summed E-state index contributed by atoms with van der Waals surface area (Å²) in [4.78, 5) is 4.31. The molecule has 0 spiro atoms. The van der Waals surface area contributed by atoms with Gasteiger partial charge in [0.05, 0.1) is 5.03 Å². The quantitative estimate of drug-likeness (QED) is 0.446. The fourth-order valence-corrected chi connectivity index (χ4v) is 2.11. The topological polar surface area (TPSA) is 50.9 Å². The second kappa shape index (κ2) is 5.88. The number of nitrogens with one attached hydrogen (secondary N) is 1. The van der Waals surface area contributed by atoms with Crippen molar-refractivity contribution < 1.29 is 0 Å². The molecule has 1 rings (SSSR count). The third-order valence-electron chi connectivity index (χ3n) is 1.82. The standard InChI is InChI=1S/C10H17N3S/c1-8(2)6-7-14-10-5-3-4-9(12-10)13-11/h3-5,8H,6-7,11H2,1-2H3,(H,12,13). The highest BCUT2D eigenvalue weighted by Crippen LogP contribution is 2.19. The maximum atomic E-state index is 5.27. The maximum Gasteiger partial charge on any atom is 0.141 e. The largest absolute Gasteiger partial charge is 0.308 e. The Kier molecular flexibility index (Phi) is 4.76. The summed E-state index contributed by atoms with van der Waals surface area (Å²) in [5, 5.41) is 1.03. The van der Waals surface area contributed by atoms with E-state index in [4.69, 9.17) is 5.84 Å². The van der Waals surface area contributed by atoms with Crippen LogP contribution in [0.2, 0.25) is 0 Å². The highest BCUT2D eigenvalue weighted by atomic mass is 32.2. The second-order valence-electron chi connectivity index (χ2n) is 3.54. The van der Waals surface area contributed by atoms with Crippen LogP contribution in [0.15, 0.2) is 23.2 Å². The molecule has 0 amide bonds. The number of hydrogen-bond donors (Lipinski definition) is 2. The van der Waals surface area contributed by atoms with Gasteiger partial charge in [-0.3, -0.25) is 0 Å². The fourth-order valence-electron chi connectivity index (χ4n) is 0.975. The van der Waals surface area contributed by atoms with Gasteiger partial charge in [0.15, 0.2) is 0 Å². The second-order valence-corrected chi connectivity index (χ2v) is 4.65. The van der Waals surface area contributed by atoms with E-state index in [0.29, 0.717) is 0 Å². The molecule has 0 aliphatic carbocycles. The van der Waals surface area contributed by atoms with E-state index < -0.39 is 0 Å². The molecule has 0 aromatic carbocycles. The third kappa shape index (κ3) is 3.98. The van der Waals surface area contributed by atoms with Crippen LogP contribution in [0.3, 0.4) is 0 Å². The molecule has 78 valence electrons. The van der Waals surface area contributed by atoms with E-state index in [1.807, 2.05) is 18.2 Å². The first-order valence-electron chi connectivity index (χ1n) is 4.79. The van der Waals surface area contributed by atoms with E-state index in [1.54, 1.807) is 11.8 Å². The van der Waals surface area contributed by atoms with E-state index in [0.717, 1.165) is 22.5 Å². The third-order valence-corrected chi connectivity index (χ3v) is 2.78. The Morgan fingerprint density at radius 3 is 2.93 bits per heavy atom. The first-order valence-corrected chi connectivity index (χ1v) is 5.77. The Morgan fingerprint density at radius 1 is 1.50 bits per heavy atom. The molecule has 14 heavy (non-hydrogen) atoms. The number of anilines is 1. The monoisotopic (exact) mass is 211 g/mol. The van der Waals surface area contributed by atoms with Crippen molar-refractivity contribution in [2.45, 2.75) is 25.3 Å². The number of thioether (sulfide) groups is 1. The lowest BCUT2D eigenvalue weighted by molar-refractivity contribution is 0.632. The number of nitrogens with two attached hydrogens (primary N) is 1. The van der Waals surface area contributed by atoms with E-state index in [9.17, 15) is 0 Å². The molecule has 1 heterocycles. The average Bonchev–Trinajstić information content (AvgIpc) is 2.18. The lowest BCUT2D eigenvalue weighted by atomic mass is 10.2. The summed E-state index contributed by atoms with van der Waals surface area (Å²) in [6.07, 6.45) is 1.21. The molecular weight excluding hydrogens is 194 g/mol. The van der Waals surface area contributed by atoms with Crippen LogP contribution in [-0.4, -0.2) is 10.7 Å². The maximum absolute atomic E-state index is 5.27. The summed E-state index contributed by atoms with van der Waals surface area (Å²) in [5.41, 5.74) is 2.54. The summed E-state index contributed by atoms with van der Waals surface area (Å²) >= 11 is 1.77. The molecule has 4 heteroatoms. The Hall–Kier alpha value is -0.740. The normalized spacial score (nSPS) is 10.6. The van der Waals surface area contributed by atoms with Crippen LogP contribution >= 0.6 is 11.8 Å². The van der Waals surface area contributed by atoms with Gasteiger partial charge in [-0.1, -0.05) is 19.9 Å². The molecule has 0 saturated carbocycles. The SMILES string of the molecule is CC(C)CCSc1cccc(NN)n1. The first-order chi connectivity index (χ1) is 6.72. The molecule has 0 atom stereocenters. The summed E-state index contributed by atoms with van der Waals surface area (Å²) < 4.78 is 0. The van der Waals surface area contributed by atoms with Gasteiger partial charge in [0, 0.05) is 0 Å². The van der Waals surface area contributed by atoms with E-state index >= 15 is 0 Å². The Bertz CT molecular complexity index is 276. The smallest absolute Gasteiger partial charge is 0.141 e. The highest BCUT2D eigenvalue weighted by Gasteiger charge is 1.98. The number of hydrazine groups is 1. The zero-order valence-corrected chi connectivity index (χ0v) is 9.47. The molecule has 0 aliphatic heterocycles. The van der Waals surface area contributed by atoms with Crippen LogP contribution in [0.4, 0.5) is 5.82 Å². The van der Waals surface area contributed by atoms with Crippen molar-refractivity contribution in [3.05, 3.63) is 18.2 Å². The first kappa shape index (κ1) is 11.3. The van der Waals surface area contributed by atoms with Crippen LogP contribution in [-0.2, 0) is 0 Å². The van der Waals surface area contributed by atoms with E-state index in [2.05, 4.69) is 24.3 Å². The van der Waals surface area contributed by atoms with Gasteiger partial charge in [0.25, 0.3) is 0 Å². The molecule has 0 saturated heterocycles. The van der Waals surface area contributed by atoms with Gasteiger partial charge in [0.2, 0.25) is 0 Å². The molecule has 0 unspecified atom stereocenters. The predicted octanol–water partition coefficient (Wildman–Crippen LogP) is 2.51. The van der Waals surface area contributed by atoms with Gasteiger partial charge in [-0.25, -0.2) is 10.8 Å².